The number of hydrogen-bond donors (Lipinski definition) is 3. The minimum absolute atomic E-state index is 0.319. The molecule has 0 aromatic carbocycles. The third-order valence-electron chi connectivity index (χ3n) is 0.955. The summed E-state index contributed by atoms with van der Waals surface area (Å²) in [6, 6.07) is 0. The van der Waals surface area contributed by atoms with Gasteiger partial charge in [-0.2, -0.15) is 0 Å². The quantitative estimate of drug-likeness (QED) is 0.318. The summed E-state index contributed by atoms with van der Waals surface area (Å²) in [4.78, 5) is 10.8. The molecule has 0 aliphatic rings. The standard InChI is InChI=1S/C5H9NO4/c1-3-4(7)6(2)5(8,9)10/h3,8-10H,1H2,2H3. The first-order valence-corrected chi connectivity index (χ1v) is 2.47. The minimum Gasteiger partial charge on any atom is -0.325 e. The molecule has 10 heavy (non-hydrogen) atoms. The number of aliphatic hydroxyl groups is 3. The van der Waals surface area contributed by atoms with Gasteiger partial charge in [-0.25, -0.2) is 0 Å². The number of carbonyl (C=O) groups excluding carboxylic acids is 1. The number of nitrogens with zero attached hydrogens (tertiary/aromatic N) is 1. The van der Waals surface area contributed by atoms with E-state index in [2.05, 4.69) is 6.58 Å². The van der Waals surface area contributed by atoms with Gasteiger partial charge < -0.3 is 15.3 Å². The van der Waals surface area contributed by atoms with E-state index >= 15 is 0 Å². The van der Waals surface area contributed by atoms with E-state index in [1.54, 1.807) is 0 Å². The van der Waals surface area contributed by atoms with Gasteiger partial charge in [0.05, 0.1) is 0 Å². The Bertz CT molecular complexity index is 148. The average Bonchev–Trinajstić information content (AvgIpc) is 1.83. The van der Waals surface area contributed by atoms with Crippen LogP contribution in [-0.4, -0.2) is 39.3 Å². The van der Waals surface area contributed by atoms with Crippen LogP contribution in [0.4, 0.5) is 0 Å². The Morgan fingerprint density at radius 2 is 2.00 bits per heavy atom. The topological polar surface area (TPSA) is 81.0 Å². The molecule has 5 heteroatoms. The van der Waals surface area contributed by atoms with Gasteiger partial charge in [0.15, 0.2) is 0 Å². The smallest absolute Gasteiger partial charge is 0.325 e. The van der Waals surface area contributed by atoms with Gasteiger partial charge in [-0.15, -0.1) is 0 Å². The monoisotopic (exact) mass is 147 g/mol. The molecule has 0 aromatic heterocycles. The molecule has 0 unspecified atom stereocenters. The van der Waals surface area contributed by atoms with Crippen LogP contribution in [0, 0.1) is 0 Å². The molecule has 0 radical (unpaired) electrons. The lowest BCUT2D eigenvalue weighted by Gasteiger charge is -2.24. The SMILES string of the molecule is C=CC(=O)N(C)C(O)(O)O. The minimum atomic E-state index is -3.11. The van der Waals surface area contributed by atoms with Gasteiger partial charge in [-0.3, -0.25) is 9.69 Å². The predicted molar refractivity (Wildman–Crippen MR) is 32.4 cm³/mol. The maximum absolute atomic E-state index is 10.5. The van der Waals surface area contributed by atoms with Crippen molar-refractivity contribution in [2.24, 2.45) is 0 Å². The van der Waals surface area contributed by atoms with Crippen molar-refractivity contribution in [2.45, 2.75) is 6.10 Å². The molecule has 0 aromatic rings. The van der Waals surface area contributed by atoms with Crippen LogP contribution in [-0.2, 0) is 4.79 Å². The van der Waals surface area contributed by atoms with Crippen LogP contribution in [0.15, 0.2) is 12.7 Å². The van der Waals surface area contributed by atoms with Gasteiger partial charge in [0.2, 0.25) is 0 Å². The summed E-state index contributed by atoms with van der Waals surface area (Å²) < 4.78 is 0. The van der Waals surface area contributed by atoms with E-state index in [-0.39, 0.29) is 0 Å². The van der Waals surface area contributed by atoms with Crippen LogP contribution in [0.3, 0.4) is 0 Å². The zero-order valence-electron chi connectivity index (χ0n) is 5.48. The molecule has 0 aliphatic carbocycles. The Morgan fingerprint density at radius 1 is 1.60 bits per heavy atom. The van der Waals surface area contributed by atoms with Crippen LogP contribution in [0.2, 0.25) is 0 Å². The summed E-state index contributed by atoms with van der Waals surface area (Å²) in [5.41, 5.74) is 0. The summed E-state index contributed by atoms with van der Waals surface area (Å²) in [6.07, 6.45) is -2.26. The normalized spacial score (nSPS) is 10.8. The molecule has 3 N–H and O–H groups in total. The van der Waals surface area contributed by atoms with Crippen molar-refractivity contribution >= 4 is 5.91 Å². The Morgan fingerprint density at radius 3 is 2.10 bits per heavy atom. The first kappa shape index (κ1) is 9.09. The molecule has 0 rings (SSSR count). The average molecular weight is 147 g/mol. The highest BCUT2D eigenvalue weighted by molar-refractivity contribution is 5.86. The van der Waals surface area contributed by atoms with Gasteiger partial charge >= 0.3 is 6.10 Å². The summed E-state index contributed by atoms with van der Waals surface area (Å²) >= 11 is 0. The van der Waals surface area contributed by atoms with E-state index in [1.807, 2.05) is 0 Å². The van der Waals surface area contributed by atoms with E-state index in [0.29, 0.717) is 4.90 Å². The Kier molecular flexibility index (Phi) is 2.53. The van der Waals surface area contributed by atoms with E-state index in [9.17, 15) is 4.79 Å². The van der Waals surface area contributed by atoms with E-state index in [4.69, 9.17) is 15.3 Å². The van der Waals surface area contributed by atoms with Crippen molar-refractivity contribution in [3.05, 3.63) is 12.7 Å². The Balaban J connectivity index is 4.21. The molecule has 1 amide bonds. The maximum atomic E-state index is 10.5. The highest BCUT2D eigenvalue weighted by Crippen LogP contribution is 2.00. The van der Waals surface area contributed by atoms with E-state index in [0.717, 1.165) is 13.1 Å². The van der Waals surface area contributed by atoms with E-state index < -0.39 is 12.0 Å². The number of amides is 1. The molecule has 0 bridgehead atoms. The number of hydrogen-bond acceptors (Lipinski definition) is 4. The zero-order valence-corrected chi connectivity index (χ0v) is 5.48. The molecule has 58 valence electrons. The van der Waals surface area contributed by atoms with Crippen molar-refractivity contribution in [3.8, 4) is 0 Å². The number of rotatable bonds is 2. The molecule has 5 nitrogen and oxygen atoms in total. The summed E-state index contributed by atoms with van der Waals surface area (Å²) in [5, 5.41) is 25.1. The number of likely N-dealkylation sites (N-methyl/N-ethyl adjacent to an activating group) is 1. The van der Waals surface area contributed by atoms with Crippen LogP contribution >= 0.6 is 0 Å². The second-order valence-electron chi connectivity index (χ2n) is 1.70. The molecular formula is C5H9NO4. The second-order valence-corrected chi connectivity index (χ2v) is 1.70. The Labute approximate surface area is 57.8 Å². The highest BCUT2D eigenvalue weighted by atomic mass is 16.7. The summed E-state index contributed by atoms with van der Waals surface area (Å²) in [5.74, 6) is -0.785. The van der Waals surface area contributed by atoms with Crippen LogP contribution < -0.4 is 0 Å². The van der Waals surface area contributed by atoms with Crippen LogP contribution in [0.25, 0.3) is 0 Å². The zero-order chi connectivity index (χ0) is 8.36. The fraction of sp³-hybridized carbons (Fsp3) is 0.400. The van der Waals surface area contributed by atoms with E-state index in [1.165, 1.54) is 0 Å². The molecule has 0 saturated heterocycles. The first-order chi connectivity index (χ1) is 4.39. The molecule has 0 saturated carbocycles. The lowest BCUT2D eigenvalue weighted by atomic mass is 10.5. The number of carbonyl (C=O) groups is 1. The second kappa shape index (κ2) is 2.78. The van der Waals surface area contributed by atoms with Crippen molar-refractivity contribution in [3.63, 3.8) is 0 Å². The summed E-state index contributed by atoms with van der Waals surface area (Å²) in [6.45, 7) is 3.07. The van der Waals surface area contributed by atoms with Gasteiger partial charge in [0, 0.05) is 7.05 Å². The van der Waals surface area contributed by atoms with Crippen molar-refractivity contribution in [2.75, 3.05) is 7.05 Å². The molecule has 0 heterocycles. The van der Waals surface area contributed by atoms with Gasteiger partial charge in [-0.05, 0) is 6.08 Å². The first-order valence-electron chi connectivity index (χ1n) is 2.47. The third kappa shape index (κ3) is 2.14. The molecule has 0 spiro atoms. The highest BCUT2D eigenvalue weighted by Gasteiger charge is 2.27. The fourth-order valence-electron chi connectivity index (χ4n) is 0.285. The third-order valence-corrected chi connectivity index (χ3v) is 0.955. The largest absolute Gasteiger partial charge is 0.371 e. The van der Waals surface area contributed by atoms with Crippen LogP contribution in [0.5, 0.6) is 0 Å². The fourth-order valence-corrected chi connectivity index (χ4v) is 0.285. The van der Waals surface area contributed by atoms with Gasteiger partial charge in [0.1, 0.15) is 0 Å². The van der Waals surface area contributed by atoms with Crippen molar-refractivity contribution in [1.29, 1.82) is 0 Å². The lowest BCUT2D eigenvalue weighted by molar-refractivity contribution is -0.376. The maximum Gasteiger partial charge on any atom is 0.371 e. The predicted octanol–water partition coefficient (Wildman–Crippen LogP) is -1.78. The summed E-state index contributed by atoms with van der Waals surface area (Å²) in [7, 11) is 1.02. The molecule has 0 fully saturated rings. The van der Waals surface area contributed by atoms with Gasteiger partial charge in [0.25, 0.3) is 5.91 Å². The van der Waals surface area contributed by atoms with Crippen molar-refractivity contribution in [1.82, 2.24) is 4.90 Å². The Hall–Kier alpha value is -0.910. The van der Waals surface area contributed by atoms with Gasteiger partial charge in [-0.1, -0.05) is 6.58 Å². The van der Waals surface area contributed by atoms with Crippen LogP contribution in [0.1, 0.15) is 0 Å². The molecular weight excluding hydrogens is 138 g/mol. The molecule has 0 aliphatic heterocycles. The lowest BCUT2D eigenvalue weighted by Crippen LogP contribution is -2.48. The van der Waals surface area contributed by atoms with Crippen molar-refractivity contribution < 1.29 is 20.1 Å². The molecule has 0 atom stereocenters.